The standard InChI is InChI=1S/C17H22N2O4/c1-3-23-17(21)18-10-8-16(20)19-11-9-14(12-19)13-4-6-15(22-2)7-5-13/h4-7,9H,3,8,10-12H2,1-2H3,(H,18,21). The van der Waals surface area contributed by atoms with Crippen LogP contribution in [0.5, 0.6) is 5.75 Å². The molecule has 124 valence electrons. The Morgan fingerprint density at radius 2 is 2.00 bits per heavy atom. The Bertz CT molecular complexity index is 581. The first-order valence-electron chi connectivity index (χ1n) is 7.66. The third-order valence-corrected chi connectivity index (χ3v) is 3.62. The summed E-state index contributed by atoms with van der Waals surface area (Å²) in [6.45, 7) is 3.53. The van der Waals surface area contributed by atoms with Crippen LogP contribution in [0.25, 0.3) is 5.57 Å². The molecule has 0 radical (unpaired) electrons. The Morgan fingerprint density at radius 1 is 1.26 bits per heavy atom. The fraction of sp³-hybridized carbons (Fsp3) is 0.412. The molecule has 0 saturated heterocycles. The van der Waals surface area contributed by atoms with Crippen molar-refractivity contribution >= 4 is 17.6 Å². The summed E-state index contributed by atoms with van der Waals surface area (Å²) < 4.78 is 9.89. The zero-order chi connectivity index (χ0) is 16.7. The second kappa shape index (κ2) is 8.22. The Balaban J connectivity index is 1.79. The van der Waals surface area contributed by atoms with Gasteiger partial charge in [-0.1, -0.05) is 18.2 Å². The molecule has 0 aromatic heterocycles. The molecule has 1 aliphatic rings. The average molecular weight is 318 g/mol. The summed E-state index contributed by atoms with van der Waals surface area (Å²) in [7, 11) is 1.63. The molecule has 0 atom stereocenters. The summed E-state index contributed by atoms with van der Waals surface area (Å²) in [6, 6.07) is 7.79. The van der Waals surface area contributed by atoms with E-state index >= 15 is 0 Å². The summed E-state index contributed by atoms with van der Waals surface area (Å²) in [5.41, 5.74) is 2.21. The Morgan fingerprint density at radius 3 is 2.65 bits per heavy atom. The minimum absolute atomic E-state index is 0.0153. The molecule has 2 rings (SSSR count). The molecule has 0 bridgehead atoms. The van der Waals surface area contributed by atoms with Gasteiger partial charge in [-0.2, -0.15) is 0 Å². The number of carbonyl (C=O) groups excluding carboxylic acids is 2. The minimum Gasteiger partial charge on any atom is -0.497 e. The van der Waals surface area contributed by atoms with Crippen molar-refractivity contribution in [1.29, 1.82) is 0 Å². The molecular formula is C17H22N2O4. The van der Waals surface area contributed by atoms with Gasteiger partial charge in [0.2, 0.25) is 5.91 Å². The van der Waals surface area contributed by atoms with E-state index in [1.807, 2.05) is 24.3 Å². The van der Waals surface area contributed by atoms with Crippen molar-refractivity contribution in [3.05, 3.63) is 35.9 Å². The van der Waals surface area contributed by atoms with Crippen molar-refractivity contribution in [2.24, 2.45) is 0 Å². The van der Waals surface area contributed by atoms with Gasteiger partial charge in [-0.25, -0.2) is 4.79 Å². The van der Waals surface area contributed by atoms with Crippen molar-refractivity contribution in [3.8, 4) is 5.75 Å². The van der Waals surface area contributed by atoms with E-state index in [2.05, 4.69) is 11.4 Å². The monoisotopic (exact) mass is 318 g/mol. The van der Waals surface area contributed by atoms with E-state index in [1.54, 1.807) is 18.9 Å². The third-order valence-electron chi connectivity index (χ3n) is 3.62. The first kappa shape index (κ1) is 16.9. The second-order valence-electron chi connectivity index (χ2n) is 5.13. The molecule has 23 heavy (non-hydrogen) atoms. The van der Waals surface area contributed by atoms with Gasteiger partial charge >= 0.3 is 6.09 Å². The van der Waals surface area contributed by atoms with E-state index in [9.17, 15) is 9.59 Å². The molecule has 0 aliphatic carbocycles. The number of amides is 2. The van der Waals surface area contributed by atoms with E-state index in [4.69, 9.17) is 9.47 Å². The number of hydrogen-bond donors (Lipinski definition) is 1. The third kappa shape index (κ3) is 4.74. The van der Waals surface area contributed by atoms with Crippen LogP contribution < -0.4 is 10.1 Å². The van der Waals surface area contributed by atoms with Crippen LogP contribution in [0.15, 0.2) is 30.3 Å². The number of carbonyl (C=O) groups is 2. The summed E-state index contributed by atoms with van der Waals surface area (Å²) in [4.78, 5) is 25.1. The number of rotatable bonds is 6. The van der Waals surface area contributed by atoms with Crippen molar-refractivity contribution in [1.82, 2.24) is 10.2 Å². The lowest BCUT2D eigenvalue weighted by atomic mass is 10.1. The molecule has 1 heterocycles. The van der Waals surface area contributed by atoms with E-state index in [0.717, 1.165) is 16.9 Å². The fourth-order valence-corrected chi connectivity index (χ4v) is 2.37. The minimum atomic E-state index is -0.487. The van der Waals surface area contributed by atoms with Crippen molar-refractivity contribution in [2.45, 2.75) is 13.3 Å². The largest absolute Gasteiger partial charge is 0.497 e. The van der Waals surface area contributed by atoms with Gasteiger partial charge < -0.3 is 19.7 Å². The molecule has 0 saturated carbocycles. The lowest BCUT2D eigenvalue weighted by Gasteiger charge is -2.16. The van der Waals surface area contributed by atoms with Gasteiger partial charge in [0.05, 0.1) is 13.7 Å². The Hall–Kier alpha value is -2.50. The molecule has 0 fully saturated rings. The quantitative estimate of drug-likeness (QED) is 0.872. The summed E-state index contributed by atoms with van der Waals surface area (Å²) in [6.07, 6.45) is 1.83. The van der Waals surface area contributed by atoms with Crippen LogP contribution in [0.3, 0.4) is 0 Å². The predicted molar refractivity (Wildman–Crippen MR) is 87.2 cm³/mol. The number of nitrogens with one attached hydrogen (secondary N) is 1. The van der Waals surface area contributed by atoms with Gasteiger partial charge in [0.1, 0.15) is 5.75 Å². The molecule has 0 unspecified atom stereocenters. The van der Waals surface area contributed by atoms with Crippen molar-refractivity contribution < 1.29 is 19.1 Å². The maximum Gasteiger partial charge on any atom is 0.407 e. The summed E-state index contributed by atoms with van der Waals surface area (Å²) >= 11 is 0. The number of methoxy groups -OCH3 is 1. The molecule has 1 aliphatic heterocycles. The first-order valence-corrected chi connectivity index (χ1v) is 7.66. The Kier molecular flexibility index (Phi) is 6.02. The van der Waals surface area contributed by atoms with Crippen molar-refractivity contribution in [3.63, 3.8) is 0 Å². The second-order valence-corrected chi connectivity index (χ2v) is 5.13. The van der Waals surface area contributed by atoms with Gasteiger partial charge in [-0.05, 0) is 30.2 Å². The summed E-state index contributed by atoms with van der Waals surface area (Å²) in [5, 5.41) is 2.55. The van der Waals surface area contributed by atoms with Crippen LogP contribution in [0.1, 0.15) is 18.9 Å². The number of ether oxygens (including phenoxy) is 2. The zero-order valence-corrected chi connectivity index (χ0v) is 13.5. The van der Waals surface area contributed by atoms with Crippen LogP contribution in [0, 0.1) is 0 Å². The van der Waals surface area contributed by atoms with Gasteiger partial charge in [0.15, 0.2) is 0 Å². The fourth-order valence-electron chi connectivity index (χ4n) is 2.37. The van der Waals surface area contributed by atoms with E-state index in [0.29, 0.717) is 19.7 Å². The van der Waals surface area contributed by atoms with Crippen LogP contribution in [0.4, 0.5) is 4.79 Å². The van der Waals surface area contributed by atoms with Crippen LogP contribution >= 0.6 is 0 Å². The molecule has 1 N–H and O–H groups in total. The average Bonchev–Trinajstić information content (AvgIpc) is 3.05. The lowest BCUT2D eigenvalue weighted by molar-refractivity contribution is -0.129. The smallest absolute Gasteiger partial charge is 0.407 e. The van der Waals surface area contributed by atoms with Crippen LogP contribution in [-0.4, -0.2) is 50.3 Å². The van der Waals surface area contributed by atoms with Gasteiger partial charge in [0.25, 0.3) is 0 Å². The highest BCUT2D eigenvalue weighted by Crippen LogP contribution is 2.23. The SMILES string of the molecule is CCOC(=O)NCCC(=O)N1CC=C(c2ccc(OC)cc2)C1. The highest BCUT2D eigenvalue weighted by Gasteiger charge is 2.20. The zero-order valence-electron chi connectivity index (χ0n) is 13.5. The molecular weight excluding hydrogens is 296 g/mol. The van der Waals surface area contributed by atoms with E-state index in [1.165, 1.54) is 0 Å². The van der Waals surface area contributed by atoms with Gasteiger partial charge in [-0.3, -0.25) is 4.79 Å². The predicted octanol–water partition coefficient (Wildman–Crippen LogP) is 2.06. The van der Waals surface area contributed by atoms with E-state index < -0.39 is 6.09 Å². The maximum atomic E-state index is 12.1. The van der Waals surface area contributed by atoms with Gasteiger partial charge in [-0.15, -0.1) is 0 Å². The van der Waals surface area contributed by atoms with Crippen LogP contribution in [0.2, 0.25) is 0 Å². The first-order chi connectivity index (χ1) is 11.1. The van der Waals surface area contributed by atoms with Gasteiger partial charge in [0, 0.05) is 26.1 Å². The lowest BCUT2D eigenvalue weighted by Crippen LogP contribution is -2.33. The highest BCUT2D eigenvalue weighted by molar-refractivity contribution is 5.82. The van der Waals surface area contributed by atoms with E-state index in [-0.39, 0.29) is 18.9 Å². The molecule has 1 aromatic rings. The Labute approximate surface area is 136 Å². The molecule has 6 heteroatoms. The summed E-state index contributed by atoms with van der Waals surface area (Å²) in [5.74, 6) is 0.826. The number of hydrogen-bond acceptors (Lipinski definition) is 4. The molecule has 6 nitrogen and oxygen atoms in total. The molecule has 1 aromatic carbocycles. The van der Waals surface area contributed by atoms with Crippen molar-refractivity contribution in [2.75, 3.05) is 33.4 Å². The number of nitrogens with zero attached hydrogens (tertiary/aromatic N) is 1. The normalized spacial score (nSPS) is 13.5. The topological polar surface area (TPSA) is 67.9 Å². The van der Waals surface area contributed by atoms with Crippen LogP contribution in [-0.2, 0) is 9.53 Å². The molecule has 2 amide bonds. The molecule has 0 spiro atoms. The highest BCUT2D eigenvalue weighted by atomic mass is 16.5. The maximum absolute atomic E-state index is 12.1. The number of alkyl carbamates (subject to hydrolysis) is 1. The number of benzene rings is 1.